The molecule has 0 aliphatic heterocycles. The molecule has 0 N–H and O–H groups in total. The van der Waals surface area contributed by atoms with Gasteiger partial charge in [-0.1, -0.05) is 17.7 Å². The van der Waals surface area contributed by atoms with Crippen LogP contribution in [0.15, 0.2) is 35.7 Å². The Labute approximate surface area is 195 Å². The lowest BCUT2D eigenvalue weighted by Gasteiger charge is -2.22. The zero-order valence-electron chi connectivity index (χ0n) is 18.4. The highest BCUT2D eigenvalue weighted by Gasteiger charge is 2.23. The van der Waals surface area contributed by atoms with Crippen molar-refractivity contribution in [3.63, 3.8) is 0 Å². The zero-order valence-corrected chi connectivity index (χ0v) is 20.0. The van der Waals surface area contributed by atoms with Crippen molar-refractivity contribution < 1.29 is 23.8 Å². The number of aryl methyl sites for hydroxylation is 2. The third kappa shape index (κ3) is 5.03. The number of halogens is 1. The molecule has 9 heteroatoms. The molecule has 32 heavy (non-hydrogen) atoms. The zero-order chi connectivity index (χ0) is 23.4. The number of ether oxygens (including phenoxy) is 3. The Morgan fingerprint density at radius 2 is 1.88 bits per heavy atom. The van der Waals surface area contributed by atoms with Crippen LogP contribution in [0.3, 0.4) is 0 Å². The number of esters is 1. The van der Waals surface area contributed by atoms with Crippen LogP contribution in [0.25, 0.3) is 0 Å². The molecule has 1 aromatic heterocycles. The second-order valence-corrected chi connectivity index (χ2v) is 8.27. The van der Waals surface area contributed by atoms with Crippen molar-refractivity contribution >= 4 is 45.6 Å². The van der Waals surface area contributed by atoms with Crippen LogP contribution in [0.4, 0.5) is 10.8 Å². The summed E-state index contributed by atoms with van der Waals surface area (Å²) in [6.45, 7) is 5.21. The van der Waals surface area contributed by atoms with E-state index in [1.807, 2.05) is 19.9 Å². The van der Waals surface area contributed by atoms with Gasteiger partial charge in [-0.25, -0.2) is 9.78 Å². The predicted octanol–water partition coefficient (Wildman–Crippen LogP) is 5.47. The fourth-order valence-electron chi connectivity index (χ4n) is 3.24. The highest BCUT2D eigenvalue weighted by Crippen LogP contribution is 2.37. The fraction of sp³-hybridized carbons (Fsp3) is 0.261. The molecule has 2 aromatic carbocycles. The molecule has 0 fully saturated rings. The van der Waals surface area contributed by atoms with Crippen molar-refractivity contribution in [3.05, 3.63) is 63.1 Å². The molecule has 1 heterocycles. The Balaban J connectivity index is 1.81. The minimum absolute atomic E-state index is 0.0674. The summed E-state index contributed by atoms with van der Waals surface area (Å²) < 4.78 is 15.8. The molecular weight excluding hydrogens is 452 g/mol. The third-order valence-electron chi connectivity index (χ3n) is 4.65. The predicted molar refractivity (Wildman–Crippen MR) is 125 cm³/mol. The lowest BCUT2D eigenvalue weighted by molar-refractivity contribution is -0.115. The van der Waals surface area contributed by atoms with Gasteiger partial charge in [-0.2, -0.15) is 0 Å². The van der Waals surface area contributed by atoms with Crippen molar-refractivity contribution in [2.24, 2.45) is 0 Å². The number of thiazole rings is 1. The second kappa shape index (κ2) is 10.0. The number of anilines is 2. The van der Waals surface area contributed by atoms with Crippen LogP contribution >= 0.6 is 22.9 Å². The molecule has 0 unspecified atom stereocenters. The van der Waals surface area contributed by atoms with Gasteiger partial charge in [-0.15, -0.1) is 11.3 Å². The standard InChI is InChI=1S/C23H23ClN2O5S/c1-13-8-14(2)21(19(24)9-13)26(15(3)27)23-25-16(12-32-23)11-31-22(28)18-10-17(29-4)6-7-20(18)30-5/h6-10,12H,11H2,1-5H3. The van der Waals surface area contributed by atoms with E-state index in [0.29, 0.717) is 33.0 Å². The number of methoxy groups -OCH3 is 2. The summed E-state index contributed by atoms with van der Waals surface area (Å²) in [5, 5.41) is 2.64. The molecule has 0 atom stereocenters. The van der Waals surface area contributed by atoms with Crippen LogP contribution < -0.4 is 14.4 Å². The summed E-state index contributed by atoms with van der Waals surface area (Å²) in [5.74, 6) is 0.0900. The molecule has 0 radical (unpaired) electrons. The Kier molecular flexibility index (Phi) is 7.37. The number of hydrogen-bond acceptors (Lipinski definition) is 7. The van der Waals surface area contributed by atoms with E-state index >= 15 is 0 Å². The van der Waals surface area contributed by atoms with Gasteiger partial charge in [0.1, 0.15) is 23.7 Å². The second-order valence-electron chi connectivity index (χ2n) is 7.03. The van der Waals surface area contributed by atoms with E-state index < -0.39 is 5.97 Å². The van der Waals surface area contributed by atoms with Gasteiger partial charge < -0.3 is 14.2 Å². The monoisotopic (exact) mass is 474 g/mol. The minimum Gasteiger partial charge on any atom is -0.497 e. The summed E-state index contributed by atoms with van der Waals surface area (Å²) in [6.07, 6.45) is 0. The van der Waals surface area contributed by atoms with E-state index in [1.54, 1.807) is 29.6 Å². The minimum atomic E-state index is -0.573. The number of rotatable bonds is 7. The van der Waals surface area contributed by atoms with Gasteiger partial charge in [-0.3, -0.25) is 9.69 Å². The van der Waals surface area contributed by atoms with Crippen LogP contribution in [0.5, 0.6) is 11.5 Å². The summed E-state index contributed by atoms with van der Waals surface area (Å²) in [5.41, 5.74) is 3.20. The first-order valence-corrected chi connectivity index (χ1v) is 10.9. The van der Waals surface area contributed by atoms with Crippen molar-refractivity contribution in [2.75, 3.05) is 19.1 Å². The maximum absolute atomic E-state index is 12.6. The van der Waals surface area contributed by atoms with Crippen molar-refractivity contribution in [1.82, 2.24) is 4.98 Å². The molecule has 0 aliphatic rings. The Morgan fingerprint density at radius 3 is 2.50 bits per heavy atom. The highest BCUT2D eigenvalue weighted by atomic mass is 35.5. The van der Waals surface area contributed by atoms with Gasteiger partial charge >= 0.3 is 5.97 Å². The molecule has 0 saturated carbocycles. The molecule has 0 saturated heterocycles. The summed E-state index contributed by atoms with van der Waals surface area (Å²) in [4.78, 5) is 31.0. The first-order chi connectivity index (χ1) is 15.2. The van der Waals surface area contributed by atoms with Crippen molar-refractivity contribution in [2.45, 2.75) is 27.4 Å². The van der Waals surface area contributed by atoms with Crippen LogP contribution in [0, 0.1) is 13.8 Å². The quantitative estimate of drug-likeness (QED) is 0.422. The Morgan fingerprint density at radius 1 is 1.12 bits per heavy atom. The van der Waals surface area contributed by atoms with Crippen LogP contribution in [-0.4, -0.2) is 31.1 Å². The first-order valence-electron chi connectivity index (χ1n) is 9.66. The molecule has 3 rings (SSSR count). The van der Waals surface area contributed by atoms with Crippen molar-refractivity contribution in [1.29, 1.82) is 0 Å². The topological polar surface area (TPSA) is 78.0 Å². The van der Waals surface area contributed by atoms with Gasteiger partial charge in [0.05, 0.1) is 30.6 Å². The van der Waals surface area contributed by atoms with Crippen LogP contribution in [-0.2, 0) is 16.1 Å². The summed E-state index contributed by atoms with van der Waals surface area (Å²) in [7, 11) is 2.98. The van der Waals surface area contributed by atoms with Gasteiger partial charge in [0.15, 0.2) is 5.13 Å². The Bertz CT molecular complexity index is 1140. The molecule has 1 amide bonds. The van der Waals surface area contributed by atoms with Gasteiger partial charge in [0, 0.05) is 12.3 Å². The van der Waals surface area contributed by atoms with E-state index in [0.717, 1.165) is 11.1 Å². The van der Waals surface area contributed by atoms with Crippen LogP contribution in [0.2, 0.25) is 5.02 Å². The summed E-state index contributed by atoms with van der Waals surface area (Å²) in [6, 6.07) is 8.63. The largest absolute Gasteiger partial charge is 0.497 e. The molecular formula is C23H23ClN2O5S. The summed E-state index contributed by atoms with van der Waals surface area (Å²) >= 11 is 7.71. The normalized spacial score (nSPS) is 10.6. The lowest BCUT2D eigenvalue weighted by Crippen LogP contribution is -2.24. The maximum Gasteiger partial charge on any atom is 0.342 e. The van der Waals surface area contributed by atoms with Crippen molar-refractivity contribution in [3.8, 4) is 11.5 Å². The number of amides is 1. The molecule has 0 bridgehead atoms. The third-order valence-corrected chi connectivity index (χ3v) is 5.81. The number of aromatic nitrogens is 1. The number of nitrogens with zero attached hydrogens (tertiary/aromatic N) is 2. The average Bonchev–Trinajstić information content (AvgIpc) is 3.21. The maximum atomic E-state index is 12.6. The van der Waals surface area contributed by atoms with Crippen LogP contribution in [0.1, 0.15) is 34.1 Å². The number of benzene rings is 2. The molecule has 3 aromatic rings. The van der Waals surface area contributed by atoms with Gasteiger partial charge in [0.25, 0.3) is 0 Å². The average molecular weight is 475 g/mol. The molecule has 7 nitrogen and oxygen atoms in total. The molecule has 168 valence electrons. The molecule has 0 aliphatic carbocycles. The SMILES string of the molecule is COc1ccc(OC)c(C(=O)OCc2csc(N(C(C)=O)c3c(C)cc(C)cc3Cl)n2)c1. The van der Waals surface area contributed by atoms with E-state index in [2.05, 4.69) is 4.98 Å². The van der Waals surface area contributed by atoms with E-state index in [4.69, 9.17) is 25.8 Å². The van der Waals surface area contributed by atoms with E-state index in [1.165, 1.54) is 37.4 Å². The lowest BCUT2D eigenvalue weighted by atomic mass is 10.1. The van der Waals surface area contributed by atoms with Gasteiger partial charge in [-0.05, 0) is 49.2 Å². The first kappa shape index (κ1) is 23.6. The van der Waals surface area contributed by atoms with E-state index in [-0.39, 0.29) is 18.1 Å². The number of carbonyl (C=O) groups excluding carboxylic acids is 2. The smallest absolute Gasteiger partial charge is 0.342 e. The van der Waals surface area contributed by atoms with E-state index in [9.17, 15) is 9.59 Å². The highest BCUT2D eigenvalue weighted by molar-refractivity contribution is 7.14. The van der Waals surface area contributed by atoms with Gasteiger partial charge in [0.2, 0.25) is 5.91 Å². The molecule has 0 spiro atoms. The number of hydrogen-bond donors (Lipinski definition) is 0. The Hall–Kier alpha value is -3.10. The fourth-order valence-corrected chi connectivity index (χ4v) is 4.50. The number of carbonyl (C=O) groups is 2.